The number of rotatable bonds is 2. The molecule has 1 aromatic rings. The van der Waals surface area contributed by atoms with Crippen LogP contribution in [0.3, 0.4) is 0 Å². The minimum atomic E-state index is 0.162. The van der Waals surface area contributed by atoms with Gasteiger partial charge in [-0.1, -0.05) is 26.8 Å². The molecule has 0 aromatic heterocycles. The van der Waals surface area contributed by atoms with E-state index in [1.54, 1.807) is 0 Å². The van der Waals surface area contributed by atoms with Crippen LogP contribution in [0.5, 0.6) is 5.75 Å². The molecule has 2 heteroatoms. The second-order valence-corrected chi connectivity index (χ2v) is 5.92. The first-order valence-corrected chi connectivity index (χ1v) is 6.06. The molecule has 0 aliphatic rings. The van der Waals surface area contributed by atoms with Gasteiger partial charge in [-0.25, -0.2) is 0 Å². The Hall–Kier alpha value is -0.500. The average molecular weight is 271 g/mol. The molecule has 0 radical (unpaired) electrons. The Balaban J connectivity index is 3.06. The van der Waals surface area contributed by atoms with Gasteiger partial charge in [-0.2, -0.15) is 0 Å². The molecule has 15 heavy (non-hydrogen) atoms. The molecule has 0 atom stereocenters. The molecule has 0 heterocycles. The lowest BCUT2D eigenvalue weighted by atomic mass is 9.87. The van der Waals surface area contributed by atoms with E-state index in [0.717, 1.165) is 10.2 Å². The van der Waals surface area contributed by atoms with E-state index >= 15 is 0 Å². The normalized spacial score (nSPS) is 11.9. The van der Waals surface area contributed by atoms with Crippen LogP contribution in [0.1, 0.15) is 40.2 Å². The maximum Gasteiger partial charge on any atom is 0.134 e. The summed E-state index contributed by atoms with van der Waals surface area (Å²) in [5.74, 6) is 0.928. The summed E-state index contributed by atoms with van der Waals surface area (Å²) in [4.78, 5) is 0. The van der Waals surface area contributed by atoms with Crippen LogP contribution in [0.25, 0.3) is 0 Å². The minimum absolute atomic E-state index is 0.162. The van der Waals surface area contributed by atoms with Gasteiger partial charge in [0.05, 0.1) is 10.6 Å². The predicted molar refractivity (Wildman–Crippen MR) is 68.6 cm³/mol. The Kier molecular flexibility index (Phi) is 3.82. The molecule has 1 rings (SSSR count). The molecule has 0 saturated heterocycles. The van der Waals surface area contributed by atoms with Crippen molar-refractivity contribution in [2.75, 3.05) is 0 Å². The van der Waals surface area contributed by atoms with Crippen molar-refractivity contribution in [3.8, 4) is 5.75 Å². The Labute approximate surface area is 101 Å². The van der Waals surface area contributed by atoms with Crippen LogP contribution >= 0.6 is 15.9 Å². The van der Waals surface area contributed by atoms with Crippen molar-refractivity contribution >= 4 is 15.9 Å². The highest BCUT2D eigenvalue weighted by Crippen LogP contribution is 2.32. The molecular weight excluding hydrogens is 252 g/mol. The molecule has 84 valence electrons. The van der Waals surface area contributed by atoms with Crippen molar-refractivity contribution in [1.82, 2.24) is 0 Å². The zero-order valence-corrected chi connectivity index (χ0v) is 11.7. The molecule has 0 N–H and O–H groups in total. The van der Waals surface area contributed by atoms with Crippen LogP contribution in [-0.4, -0.2) is 6.10 Å². The molecule has 1 nitrogen and oxygen atoms in total. The van der Waals surface area contributed by atoms with Gasteiger partial charge < -0.3 is 4.74 Å². The fraction of sp³-hybridized carbons (Fsp3) is 0.538. The maximum atomic E-state index is 5.73. The first kappa shape index (κ1) is 12.6. The largest absolute Gasteiger partial charge is 0.490 e. The first-order valence-electron chi connectivity index (χ1n) is 5.27. The summed E-state index contributed by atoms with van der Waals surface area (Å²) in [7, 11) is 0. The van der Waals surface area contributed by atoms with Gasteiger partial charge in [0.15, 0.2) is 0 Å². The molecule has 0 unspecified atom stereocenters. The van der Waals surface area contributed by atoms with E-state index in [9.17, 15) is 0 Å². The standard InChI is InChI=1S/C13H19BrO/c1-9(2)15-12-8-10(13(3,4)5)6-7-11(12)14/h6-9H,1-5H3. The average Bonchev–Trinajstić information content (AvgIpc) is 2.06. The van der Waals surface area contributed by atoms with Crippen LogP contribution in [0.4, 0.5) is 0 Å². The molecule has 0 saturated carbocycles. The van der Waals surface area contributed by atoms with Crippen LogP contribution in [0.2, 0.25) is 0 Å². The fourth-order valence-electron chi connectivity index (χ4n) is 1.31. The summed E-state index contributed by atoms with van der Waals surface area (Å²) >= 11 is 3.50. The zero-order chi connectivity index (χ0) is 11.6. The maximum absolute atomic E-state index is 5.73. The topological polar surface area (TPSA) is 9.23 Å². The van der Waals surface area contributed by atoms with E-state index in [1.165, 1.54) is 5.56 Å². The minimum Gasteiger partial charge on any atom is -0.490 e. The van der Waals surface area contributed by atoms with Gasteiger partial charge in [-0.3, -0.25) is 0 Å². The van der Waals surface area contributed by atoms with Gasteiger partial charge in [-0.15, -0.1) is 0 Å². The van der Waals surface area contributed by atoms with E-state index in [1.807, 2.05) is 13.8 Å². The zero-order valence-electron chi connectivity index (χ0n) is 10.1. The van der Waals surface area contributed by atoms with E-state index in [2.05, 4.69) is 54.9 Å². The van der Waals surface area contributed by atoms with E-state index in [0.29, 0.717) is 0 Å². The lowest BCUT2D eigenvalue weighted by Gasteiger charge is -2.21. The van der Waals surface area contributed by atoms with Crippen molar-refractivity contribution in [2.45, 2.75) is 46.1 Å². The number of ether oxygens (including phenoxy) is 1. The summed E-state index contributed by atoms with van der Waals surface area (Å²) in [6.45, 7) is 10.7. The SMILES string of the molecule is CC(C)Oc1cc(C(C)(C)C)ccc1Br. The number of hydrogen-bond acceptors (Lipinski definition) is 1. The van der Waals surface area contributed by atoms with Crippen LogP contribution in [-0.2, 0) is 5.41 Å². The Morgan fingerprint density at radius 1 is 1.20 bits per heavy atom. The van der Waals surface area contributed by atoms with Crippen molar-refractivity contribution in [3.63, 3.8) is 0 Å². The second-order valence-electron chi connectivity index (χ2n) is 5.06. The summed E-state index contributed by atoms with van der Waals surface area (Å²) in [5.41, 5.74) is 1.46. The van der Waals surface area contributed by atoms with Gasteiger partial charge in [0.1, 0.15) is 5.75 Å². The van der Waals surface area contributed by atoms with Gasteiger partial charge in [0, 0.05) is 0 Å². The highest BCUT2D eigenvalue weighted by atomic mass is 79.9. The number of hydrogen-bond donors (Lipinski definition) is 0. The number of halogens is 1. The quantitative estimate of drug-likeness (QED) is 0.767. The van der Waals surface area contributed by atoms with Crippen LogP contribution in [0, 0.1) is 0 Å². The molecular formula is C13H19BrO. The lowest BCUT2D eigenvalue weighted by molar-refractivity contribution is 0.240. The van der Waals surface area contributed by atoms with Crippen molar-refractivity contribution < 1.29 is 4.74 Å². The highest BCUT2D eigenvalue weighted by Gasteiger charge is 2.15. The molecule has 0 fully saturated rings. The van der Waals surface area contributed by atoms with Gasteiger partial charge >= 0.3 is 0 Å². The third-order valence-corrected chi connectivity index (χ3v) is 2.82. The molecule has 0 aliphatic carbocycles. The first-order chi connectivity index (χ1) is 6.80. The molecule has 1 aromatic carbocycles. The van der Waals surface area contributed by atoms with Crippen molar-refractivity contribution in [1.29, 1.82) is 0 Å². The third kappa shape index (κ3) is 3.53. The smallest absolute Gasteiger partial charge is 0.134 e. The predicted octanol–water partition coefficient (Wildman–Crippen LogP) is 4.53. The highest BCUT2D eigenvalue weighted by molar-refractivity contribution is 9.10. The Bertz CT molecular complexity index is 337. The van der Waals surface area contributed by atoms with E-state index in [4.69, 9.17) is 4.74 Å². The van der Waals surface area contributed by atoms with Gasteiger partial charge in [0.2, 0.25) is 0 Å². The fourth-order valence-corrected chi connectivity index (χ4v) is 1.65. The molecule has 0 aliphatic heterocycles. The van der Waals surface area contributed by atoms with Crippen LogP contribution < -0.4 is 4.74 Å². The third-order valence-electron chi connectivity index (χ3n) is 2.16. The summed E-state index contributed by atoms with van der Waals surface area (Å²) < 4.78 is 6.75. The Morgan fingerprint density at radius 2 is 1.80 bits per heavy atom. The van der Waals surface area contributed by atoms with E-state index < -0.39 is 0 Å². The Morgan fingerprint density at radius 3 is 2.27 bits per heavy atom. The molecule has 0 bridgehead atoms. The van der Waals surface area contributed by atoms with Crippen LogP contribution in [0.15, 0.2) is 22.7 Å². The van der Waals surface area contributed by atoms with Crippen molar-refractivity contribution in [2.24, 2.45) is 0 Å². The molecule has 0 spiro atoms. The van der Waals surface area contributed by atoms with Crippen molar-refractivity contribution in [3.05, 3.63) is 28.2 Å². The lowest BCUT2D eigenvalue weighted by Crippen LogP contribution is -2.12. The summed E-state index contributed by atoms with van der Waals surface area (Å²) in [5, 5.41) is 0. The summed E-state index contributed by atoms with van der Waals surface area (Å²) in [6.07, 6.45) is 0.205. The summed E-state index contributed by atoms with van der Waals surface area (Å²) in [6, 6.07) is 6.31. The van der Waals surface area contributed by atoms with Gasteiger partial charge in [-0.05, 0) is 52.9 Å². The monoisotopic (exact) mass is 270 g/mol. The van der Waals surface area contributed by atoms with E-state index in [-0.39, 0.29) is 11.5 Å². The van der Waals surface area contributed by atoms with Gasteiger partial charge in [0.25, 0.3) is 0 Å². The second kappa shape index (κ2) is 4.56. The number of benzene rings is 1. The molecule has 0 amide bonds.